The zero-order chi connectivity index (χ0) is 26.2. The number of nitrogens with one attached hydrogen (secondary N) is 1. The highest BCUT2D eigenvalue weighted by Crippen LogP contribution is 2.27. The van der Waals surface area contributed by atoms with Crippen LogP contribution in [0.3, 0.4) is 0 Å². The molecule has 0 spiro atoms. The van der Waals surface area contributed by atoms with E-state index < -0.39 is 0 Å². The Hall–Kier alpha value is -4.00. The van der Waals surface area contributed by atoms with Crippen LogP contribution in [0.15, 0.2) is 60.7 Å². The van der Waals surface area contributed by atoms with E-state index in [4.69, 9.17) is 19.2 Å². The topological polar surface area (TPSA) is 74.6 Å². The Labute approximate surface area is 218 Å². The number of fused-ring (bicyclic) bond motifs is 1. The van der Waals surface area contributed by atoms with Crippen molar-refractivity contribution in [1.29, 1.82) is 0 Å². The van der Waals surface area contributed by atoms with Gasteiger partial charge in [0.15, 0.2) is 11.5 Å². The van der Waals surface area contributed by atoms with Gasteiger partial charge in [0.2, 0.25) is 0 Å². The van der Waals surface area contributed by atoms with E-state index in [1.165, 1.54) is 5.56 Å². The van der Waals surface area contributed by atoms with Crippen molar-refractivity contribution in [3.63, 3.8) is 0 Å². The summed E-state index contributed by atoms with van der Waals surface area (Å²) < 4.78 is 18.9. The van der Waals surface area contributed by atoms with E-state index in [-0.39, 0.29) is 5.91 Å². The van der Waals surface area contributed by atoms with E-state index in [1.54, 1.807) is 32.4 Å². The quantitative estimate of drug-likeness (QED) is 0.259. The SMILES string of the molecule is COc1ccc(C(=O)NCCCc2nc3ccccc3n2CCCOc2cc(C)ccc2C)cc1OC. The molecule has 7 nitrogen and oxygen atoms in total. The first-order valence-electron chi connectivity index (χ1n) is 12.6. The van der Waals surface area contributed by atoms with Gasteiger partial charge in [-0.05, 0) is 74.2 Å². The Morgan fingerprint density at radius 1 is 0.919 bits per heavy atom. The lowest BCUT2D eigenvalue weighted by atomic mass is 10.1. The molecule has 0 aliphatic carbocycles. The number of hydrogen-bond acceptors (Lipinski definition) is 5. The minimum Gasteiger partial charge on any atom is -0.493 e. The Balaban J connectivity index is 1.34. The number of benzene rings is 3. The number of carbonyl (C=O) groups excluding carboxylic acids is 1. The van der Waals surface area contributed by atoms with Gasteiger partial charge in [-0.2, -0.15) is 0 Å². The van der Waals surface area contributed by atoms with Crippen molar-refractivity contribution in [2.45, 2.75) is 39.7 Å². The molecule has 4 rings (SSSR count). The van der Waals surface area contributed by atoms with E-state index in [2.05, 4.69) is 48.0 Å². The Kier molecular flexibility index (Phi) is 8.67. The molecular weight excluding hydrogens is 466 g/mol. The van der Waals surface area contributed by atoms with Gasteiger partial charge in [0, 0.05) is 25.1 Å². The summed E-state index contributed by atoms with van der Waals surface area (Å²) in [5.74, 6) is 2.95. The minimum absolute atomic E-state index is 0.141. The molecule has 0 radical (unpaired) electrons. The number of aromatic nitrogens is 2. The highest BCUT2D eigenvalue weighted by molar-refractivity contribution is 5.94. The largest absolute Gasteiger partial charge is 0.493 e. The first-order valence-corrected chi connectivity index (χ1v) is 12.6. The smallest absolute Gasteiger partial charge is 0.251 e. The maximum absolute atomic E-state index is 12.6. The molecule has 0 atom stereocenters. The molecule has 0 aliphatic rings. The predicted molar refractivity (Wildman–Crippen MR) is 146 cm³/mol. The normalized spacial score (nSPS) is 10.9. The van der Waals surface area contributed by atoms with Crippen LogP contribution >= 0.6 is 0 Å². The highest BCUT2D eigenvalue weighted by atomic mass is 16.5. The summed E-state index contributed by atoms with van der Waals surface area (Å²) in [6.07, 6.45) is 2.41. The molecule has 194 valence electrons. The first kappa shape index (κ1) is 26.1. The van der Waals surface area contributed by atoms with Gasteiger partial charge >= 0.3 is 0 Å². The van der Waals surface area contributed by atoms with Gasteiger partial charge in [0.1, 0.15) is 11.6 Å². The van der Waals surface area contributed by atoms with Crippen molar-refractivity contribution in [2.24, 2.45) is 0 Å². The summed E-state index contributed by atoms with van der Waals surface area (Å²) in [6, 6.07) is 19.6. The second-order valence-corrected chi connectivity index (χ2v) is 9.07. The third kappa shape index (κ3) is 6.42. The van der Waals surface area contributed by atoms with Gasteiger partial charge in [0.05, 0.1) is 31.9 Å². The molecule has 4 aromatic rings. The number of methoxy groups -OCH3 is 2. The first-order chi connectivity index (χ1) is 18.0. The molecule has 37 heavy (non-hydrogen) atoms. The summed E-state index contributed by atoms with van der Waals surface area (Å²) in [5, 5.41) is 3.00. The third-order valence-corrected chi connectivity index (χ3v) is 6.37. The van der Waals surface area contributed by atoms with E-state index in [9.17, 15) is 4.79 Å². The molecule has 0 bridgehead atoms. The zero-order valence-electron chi connectivity index (χ0n) is 22.0. The summed E-state index contributed by atoms with van der Waals surface area (Å²) >= 11 is 0. The molecule has 0 unspecified atom stereocenters. The van der Waals surface area contributed by atoms with Gasteiger partial charge in [-0.3, -0.25) is 4.79 Å². The number of hydrogen-bond donors (Lipinski definition) is 1. The van der Waals surface area contributed by atoms with Gasteiger partial charge in [-0.25, -0.2) is 4.98 Å². The molecule has 1 heterocycles. The third-order valence-electron chi connectivity index (χ3n) is 6.37. The fourth-order valence-corrected chi connectivity index (χ4v) is 4.36. The molecule has 7 heteroatoms. The maximum atomic E-state index is 12.6. The highest BCUT2D eigenvalue weighted by Gasteiger charge is 2.13. The molecule has 0 aliphatic heterocycles. The number of para-hydroxylation sites is 2. The summed E-state index contributed by atoms with van der Waals surface area (Å²) in [7, 11) is 3.13. The second kappa shape index (κ2) is 12.3. The Morgan fingerprint density at radius 3 is 2.54 bits per heavy atom. The molecule has 0 saturated heterocycles. The van der Waals surface area contributed by atoms with Gasteiger partial charge in [-0.1, -0.05) is 24.3 Å². The van der Waals surface area contributed by atoms with E-state index in [1.807, 2.05) is 18.2 Å². The predicted octanol–water partition coefficient (Wildman–Crippen LogP) is 5.50. The number of imidazole rings is 1. The molecule has 1 amide bonds. The van der Waals surface area contributed by atoms with Crippen LogP contribution in [0.25, 0.3) is 11.0 Å². The standard InChI is InChI=1S/C30H35N3O4/c1-21-12-13-22(2)27(19-21)37-18-8-17-33-25-10-6-5-9-24(25)32-29(33)11-7-16-31-30(34)23-14-15-26(35-3)28(20-23)36-4/h5-6,9-10,12-15,19-20H,7-8,11,16-18H2,1-4H3,(H,31,34). The lowest BCUT2D eigenvalue weighted by Gasteiger charge is -2.12. The second-order valence-electron chi connectivity index (χ2n) is 9.07. The molecule has 3 aromatic carbocycles. The number of rotatable bonds is 12. The van der Waals surface area contributed by atoms with Crippen LogP contribution in [0, 0.1) is 13.8 Å². The fourth-order valence-electron chi connectivity index (χ4n) is 4.36. The van der Waals surface area contributed by atoms with Crippen molar-refractivity contribution in [3.05, 3.63) is 83.2 Å². The van der Waals surface area contributed by atoms with E-state index in [0.29, 0.717) is 30.2 Å². The Morgan fingerprint density at radius 2 is 1.73 bits per heavy atom. The Bertz CT molecular complexity index is 1360. The summed E-state index contributed by atoms with van der Waals surface area (Å²) in [4.78, 5) is 17.5. The maximum Gasteiger partial charge on any atom is 0.251 e. The van der Waals surface area contributed by atoms with Crippen LogP contribution in [-0.2, 0) is 13.0 Å². The van der Waals surface area contributed by atoms with Crippen molar-refractivity contribution >= 4 is 16.9 Å². The van der Waals surface area contributed by atoms with Crippen LogP contribution < -0.4 is 19.5 Å². The molecule has 1 N–H and O–H groups in total. The van der Waals surface area contributed by atoms with Crippen molar-refractivity contribution in [1.82, 2.24) is 14.9 Å². The monoisotopic (exact) mass is 501 g/mol. The van der Waals surface area contributed by atoms with Gasteiger partial charge in [0.25, 0.3) is 5.91 Å². The van der Waals surface area contributed by atoms with E-state index >= 15 is 0 Å². The number of nitrogens with zero attached hydrogens (tertiary/aromatic N) is 2. The van der Waals surface area contributed by atoms with E-state index in [0.717, 1.165) is 54.0 Å². The van der Waals surface area contributed by atoms with Crippen LogP contribution in [0.5, 0.6) is 17.2 Å². The lowest BCUT2D eigenvalue weighted by Crippen LogP contribution is -2.25. The number of amides is 1. The average molecular weight is 502 g/mol. The number of aryl methyl sites for hydroxylation is 4. The van der Waals surface area contributed by atoms with Crippen LogP contribution in [-0.4, -0.2) is 42.8 Å². The fraction of sp³-hybridized carbons (Fsp3) is 0.333. The number of ether oxygens (including phenoxy) is 3. The van der Waals surface area contributed by atoms with Crippen molar-refractivity contribution in [3.8, 4) is 17.2 Å². The average Bonchev–Trinajstić information content (AvgIpc) is 3.27. The molecular formula is C30H35N3O4. The van der Waals surface area contributed by atoms with Crippen LogP contribution in [0.2, 0.25) is 0 Å². The van der Waals surface area contributed by atoms with Gasteiger partial charge < -0.3 is 24.1 Å². The summed E-state index contributed by atoms with van der Waals surface area (Å²) in [5.41, 5.74) is 4.99. The minimum atomic E-state index is -0.141. The molecule has 0 fully saturated rings. The van der Waals surface area contributed by atoms with Gasteiger partial charge in [-0.15, -0.1) is 0 Å². The van der Waals surface area contributed by atoms with Crippen molar-refractivity contribution < 1.29 is 19.0 Å². The molecule has 0 saturated carbocycles. The number of carbonyl (C=O) groups is 1. The molecule has 1 aromatic heterocycles. The zero-order valence-corrected chi connectivity index (χ0v) is 22.0. The van der Waals surface area contributed by atoms with Crippen LogP contribution in [0.1, 0.15) is 40.2 Å². The van der Waals surface area contributed by atoms with Crippen LogP contribution in [0.4, 0.5) is 0 Å². The summed E-state index contributed by atoms with van der Waals surface area (Å²) in [6.45, 7) is 6.15. The van der Waals surface area contributed by atoms with Crippen molar-refractivity contribution in [2.75, 3.05) is 27.4 Å². The lowest BCUT2D eigenvalue weighted by molar-refractivity contribution is 0.0952.